The molecule has 2 fully saturated rings. The average molecular weight is 230 g/mol. The summed E-state index contributed by atoms with van der Waals surface area (Å²) in [5, 5.41) is 0. The Bertz CT molecular complexity index is 372. The van der Waals surface area contributed by atoms with E-state index >= 15 is 0 Å². The molecule has 0 spiro atoms. The Morgan fingerprint density at radius 2 is 2.18 bits per heavy atom. The Morgan fingerprint density at radius 3 is 2.88 bits per heavy atom. The van der Waals surface area contributed by atoms with Crippen molar-refractivity contribution in [2.75, 3.05) is 0 Å². The van der Waals surface area contributed by atoms with Gasteiger partial charge in [0.1, 0.15) is 0 Å². The minimum atomic E-state index is 0.0363. The summed E-state index contributed by atoms with van der Waals surface area (Å²) in [6, 6.07) is 4.17. The maximum absolute atomic E-state index is 6.62. The molecule has 1 aromatic heterocycles. The minimum absolute atomic E-state index is 0.0363. The Balaban J connectivity index is 1.67. The van der Waals surface area contributed by atoms with Gasteiger partial charge >= 0.3 is 0 Å². The van der Waals surface area contributed by atoms with Crippen molar-refractivity contribution in [3.05, 3.63) is 30.1 Å². The zero-order chi connectivity index (χ0) is 11.7. The average Bonchev–Trinajstić information content (AvgIpc) is 3.13. The third kappa shape index (κ3) is 2.68. The zero-order valence-corrected chi connectivity index (χ0v) is 10.4. The van der Waals surface area contributed by atoms with Gasteiger partial charge in [-0.2, -0.15) is 0 Å². The Morgan fingerprint density at radius 1 is 1.29 bits per heavy atom. The highest BCUT2D eigenvalue weighted by atomic mass is 14.8. The van der Waals surface area contributed by atoms with Crippen LogP contribution in [0.1, 0.15) is 44.1 Å². The number of rotatable bonds is 3. The maximum Gasteiger partial charge on any atom is 0.0300 e. The number of hydrogen-bond donors (Lipinski definition) is 1. The van der Waals surface area contributed by atoms with Crippen LogP contribution in [0.3, 0.4) is 0 Å². The number of aromatic nitrogens is 1. The number of nitrogens with zero attached hydrogens (tertiary/aromatic N) is 1. The fourth-order valence-electron chi connectivity index (χ4n) is 3.48. The van der Waals surface area contributed by atoms with E-state index in [9.17, 15) is 0 Å². The standard InChI is InChI=1S/C15H22N2/c16-15(9-12-3-2-8-17-11-12)7-1-4-14(10-15)13-5-6-13/h2-3,8,11,13-14H,1,4-7,9-10,16H2. The topological polar surface area (TPSA) is 38.9 Å². The van der Waals surface area contributed by atoms with Crippen molar-refractivity contribution < 1.29 is 0 Å². The van der Waals surface area contributed by atoms with Gasteiger partial charge in [0.25, 0.3) is 0 Å². The molecule has 0 aliphatic heterocycles. The highest BCUT2D eigenvalue weighted by molar-refractivity contribution is 5.14. The first kappa shape index (κ1) is 11.2. The molecule has 17 heavy (non-hydrogen) atoms. The summed E-state index contributed by atoms with van der Waals surface area (Å²) in [4.78, 5) is 4.19. The molecule has 0 saturated heterocycles. The lowest BCUT2D eigenvalue weighted by Gasteiger charge is -2.38. The molecule has 2 heteroatoms. The van der Waals surface area contributed by atoms with E-state index in [1.54, 1.807) is 0 Å². The van der Waals surface area contributed by atoms with Gasteiger partial charge in [-0.05, 0) is 55.6 Å². The van der Waals surface area contributed by atoms with Crippen molar-refractivity contribution in [2.45, 2.75) is 50.5 Å². The van der Waals surface area contributed by atoms with Crippen LogP contribution < -0.4 is 5.73 Å². The highest BCUT2D eigenvalue weighted by Gasteiger charge is 2.39. The summed E-state index contributed by atoms with van der Waals surface area (Å²) in [6.45, 7) is 0. The molecule has 0 bridgehead atoms. The Labute approximate surface area is 104 Å². The lowest BCUT2D eigenvalue weighted by Crippen LogP contribution is -2.46. The summed E-state index contributed by atoms with van der Waals surface area (Å²) < 4.78 is 0. The zero-order valence-electron chi connectivity index (χ0n) is 10.4. The van der Waals surface area contributed by atoms with Crippen molar-refractivity contribution in [2.24, 2.45) is 17.6 Å². The Hall–Kier alpha value is -0.890. The third-order valence-corrected chi connectivity index (χ3v) is 4.49. The molecule has 1 aromatic rings. The first-order valence-electron chi connectivity index (χ1n) is 6.93. The van der Waals surface area contributed by atoms with E-state index in [1.807, 2.05) is 18.5 Å². The van der Waals surface area contributed by atoms with Crippen LogP contribution in [0.15, 0.2) is 24.5 Å². The summed E-state index contributed by atoms with van der Waals surface area (Å²) in [5.74, 6) is 1.91. The molecule has 2 unspecified atom stereocenters. The number of nitrogens with two attached hydrogens (primary N) is 1. The molecule has 2 saturated carbocycles. The molecule has 2 aliphatic rings. The van der Waals surface area contributed by atoms with Crippen LogP contribution in [0.5, 0.6) is 0 Å². The summed E-state index contributed by atoms with van der Waals surface area (Å²) >= 11 is 0. The molecule has 0 radical (unpaired) electrons. The molecule has 92 valence electrons. The van der Waals surface area contributed by atoms with Crippen molar-refractivity contribution in [1.82, 2.24) is 4.98 Å². The second kappa shape index (κ2) is 4.41. The van der Waals surface area contributed by atoms with Crippen LogP contribution in [0.4, 0.5) is 0 Å². The summed E-state index contributed by atoms with van der Waals surface area (Å²) in [6.07, 6.45) is 12.9. The lowest BCUT2D eigenvalue weighted by molar-refractivity contribution is 0.204. The normalized spacial score (nSPS) is 33.6. The van der Waals surface area contributed by atoms with Gasteiger partial charge in [0.15, 0.2) is 0 Å². The van der Waals surface area contributed by atoms with E-state index < -0.39 is 0 Å². The van der Waals surface area contributed by atoms with Crippen LogP contribution in [-0.2, 0) is 6.42 Å². The van der Waals surface area contributed by atoms with Crippen LogP contribution >= 0.6 is 0 Å². The van der Waals surface area contributed by atoms with Gasteiger partial charge in [-0.15, -0.1) is 0 Å². The van der Waals surface area contributed by atoms with Gasteiger partial charge < -0.3 is 5.73 Å². The summed E-state index contributed by atoms with van der Waals surface area (Å²) in [7, 11) is 0. The van der Waals surface area contributed by atoms with Crippen LogP contribution in [0, 0.1) is 11.8 Å². The van der Waals surface area contributed by atoms with E-state index in [0.29, 0.717) is 0 Å². The first-order valence-corrected chi connectivity index (χ1v) is 6.93. The van der Waals surface area contributed by atoms with Crippen molar-refractivity contribution in [3.63, 3.8) is 0 Å². The SMILES string of the molecule is NC1(Cc2cccnc2)CCCC(C2CC2)C1. The largest absolute Gasteiger partial charge is 0.325 e. The smallest absolute Gasteiger partial charge is 0.0300 e. The quantitative estimate of drug-likeness (QED) is 0.867. The van der Waals surface area contributed by atoms with Crippen molar-refractivity contribution >= 4 is 0 Å². The van der Waals surface area contributed by atoms with E-state index in [2.05, 4.69) is 11.1 Å². The van der Waals surface area contributed by atoms with Gasteiger partial charge in [0.2, 0.25) is 0 Å². The molecule has 0 aromatic carbocycles. The van der Waals surface area contributed by atoms with E-state index in [-0.39, 0.29) is 5.54 Å². The van der Waals surface area contributed by atoms with Crippen molar-refractivity contribution in [3.8, 4) is 0 Å². The molecule has 3 rings (SSSR count). The van der Waals surface area contributed by atoms with Gasteiger partial charge in [0.05, 0.1) is 0 Å². The van der Waals surface area contributed by atoms with E-state index in [1.165, 1.54) is 44.1 Å². The fourth-order valence-corrected chi connectivity index (χ4v) is 3.48. The number of pyridine rings is 1. The lowest BCUT2D eigenvalue weighted by atomic mass is 9.72. The minimum Gasteiger partial charge on any atom is -0.325 e. The molecule has 0 amide bonds. The molecule has 2 N–H and O–H groups in total. The first-order chi connectivity index (χ1) is 8.25. The monoisotopic (exact) mass is 230 g/mol. The predicted octanol–water partition coefficient (Wildman–Crippen LogP) is 2.92. The molecular weight excluding hydrogens is 208 g/mol. The molecule has 2 aliphatic carbocycles. The Kier molecular flexibility index (Phi) is 2.91. The van der Waals surface area contributed by atoms with Gasteiger partial charge in [-0.3, -0.25) is 4.98 Å². The molecule has 1 heterocycles. The molecule has 2 atom stereocenters. The molecule has 2 nitrogen and oxygen atoms in total. The van der Waals surface area contributed by atoms with Crippen molar-refractivity contribution in [1.29, 1.82) is 0 Å². The number of hydrogen-bond acceptors (Lipinski definition) is 2. The van der Waals surface area contributed by atoms with Crippen LogP contribution in [0.2, 0.25) is 0 Å². The predicted molar refractivity (Wildman–Crippen MR) is 69.5 cm³/mol. The second-order valence-electron chi connectivity index (χ2n) is 6.09. The van der Waals surface area contributed by atoms with Gasteiger partial charge in [-0.1, -0.05) is 18.9 Å². The maximum atomic E-state index is 6.62. The van der Waals surface area contributed by atoms with E-state index in [4.69, 9.17) is 5.73 Å². The van der Waals surface area contributed by atoms with Crippen LogP contribution in [0.25, 0.3) is 0 Å². The molecular formula is C15H22N2. The van der Waals surface area contributed by atoms with Gasteiger partial charge in [0, 0.05) is 17.9 Å². The summed E-state index contributed by atoms with van der Waals surface area (Å²) in [5.41, 5.74) is 7.95. The van der Waals surface area contributed by atoms with E-state index in [0.717, 1.165) is 18.3 Å². The third-order valence-electron chi connectivity index (χ3n) is 4.49. The second-order valence-corrected chi connectivity index (χ2v) is 6.09. The van der Waals surface area contributed by atoms with Gasteiger partial charge in [-0.25, -0.2) is 0 Å². The fraction of sp³-hybridized carbons (Fsp3) is 0.667. The van der Waals surface area contributed by atoms with Crippen LogP contribution in [-0.4, -0.2) is 10.5 Å². The highest BCUT2D eigenvalue weighted by Crippen LogP contribution is 2.46.